The lowest BCUT2D eigenvalue weighted by atomic mass is 10.0. The highest BCUT2D eigenvalue weighted by Crippen LogP contribution is 2.30. The Morgan fingerprint density at radius 1 is 0.905 bits per heavy atom. The minimum absolute atomic E-state index is 0.311. The SMILES string of the molecule is c1ccc(CC2Nc3ccccc3Cn3cccc32)cc1. The van der Waals surface area contributed by atoms with Gasteiger partial charge in [0.05, 0.1) is 6.04 Å². The second kappa shape index (κ2) is 5.13. The molecule has 3 aromatic rings. The number of hydrogen-bond donors (Lipinski definition) is 1. The molecule has 2 heteroatoms. The van der Waals surface area contributed by atoms with E-state index in [1.165, 1.54) is 22.5 Å². The first-order valence-corrected chi connectivity index (χ1v) is 7.43. The lowest BCUT2D eigenvalue weighted by molar-refractivity contribution is 0.683. The van der Waals surface area contributed by atoms with E-state index in [0.717, 1.165) is 13.0 Å². The first-order chi connectivity index (χ1) is 10.4. The summed E-state index contributed by atoms with van der Waals surface area (Å²) >= 11 is 0. The van der Waals surface area contributed by atoms with Gasteiger partial charge in [-0.2, -0.15) is 0 Å². The molecule has 2 aromatic carbocycles. The highest BCUT2D eigenvalue weighted by Gasteiger charge is 2.20. The lowest BCUT2D eigenvalue weighted by Gasteiger charge is -2.19. The van der Waals surface area contributed by atoms with Gasteiger partial charge in [0.25, 0.3) is 0 Å². The minimum Gasteiger partial charge on any atom is -0.376 e. The normalized spacial score (nSPS) is 16.5. The molecule has 2 heterocycles. The summed E-state index contributed by atoms with van der Waals surface area (Å²) in [6.07, 6.45) is 3.18. The smallest absolute Gasteiger partial charge is 0.0705 e. The Balaban J connectivity index is 1.73. The first kappa shape index (κ1) is 12.3. The Bertz CT molecular complexity index is 743. The van der Waals surface area contributed by atoms with Crippen molar-refractivity contribution >= 4 is 5.69 Å². The molecule has 4 rings (SSSR count). The predicted octanol–water partition coefficient (Wildman–Crippen LogP) is 4.25. The van der Waals surface area contributed by atoms with Gasteiger partial charge in [-0.1, -0.05) is 48.5 Å². The van der Waals surface area contributed by atoms with Gasteiger partial charge in [-0.25, -0.2) is 0 Å². The number of hydrogen-bond acceptors (Lipinski definition) is 1. The molecule has 0 amide bonds. The molecule has 21 heavy (non-hydrogen) atoms. The van der Waals surface area contributed by atoms with E-state index in [0.29, 0.717) is 6.04 Å². The molecule has 1 aliphatic rings. The van der Waals surface area contributed by atoms with E-state index in [1.54, 1.807) is 0 Å². The second-order valence-corrected chi connectivity index (χ2v) is 5.60. The molecular formula is C19H18N2. The van der Waals surface area contributed by atoms with E-state index in [-0.39, 0.29) is 0 Å². The molecule has 1 aromatic heterocycles. The van der Waals surface area contributed by atoms with Crippen molar-refractivity contribution in [2.24, 2.45) is 0 Å². The van der Waals surface area contributed by atoms with Crippen LogP contribution in [0.4, 0.5) is 5.69 Å². The summed E-state index contributed by atoms with van der Waals surface area (Å²) in [5.41, 5.74) is 5.32. The van der Waals surface area contributed by atoms with Crippen LogP contribution in [0.3, 0.4) is 0 Å². The second-order valence-electron chi connectivity index (χ2n) is 5.60. The average Bonchev–Trinajstić information content (AvgIpc) is 2.92. The van der Waals surface area contributed by atoms with Gasteiger partial charge >= 0.3 is 0 Å². The Morgan fingerprint density at radius 3 is 2.62 bits per heavy atom. The van der Waals surface area contributed by atoms with Crippen molar-refractivity contribution in [3.63, 3.8) is 0 Å². The maximum absolute atomic E-state index is 3.73. The van der Waals surface area contributed by atoms with Crippen LogP contribution in [-0.2, 0) is 13.0 Å². The fourth-order valence-electron chi connectivity index (χ4n) is 3.14. The van der Waals surface area contributed by atoms with Crippen LogP contribution >= 0.6 is 0 Å². The van der Waals surface area contributed by atoms with Crippen molar-refractivity contribution in [1.82, 2.24) is 4.57 Å². The summed E-state index contributed by atoms with van der Waals surface area (Å²) in [7, 11) is 0. The average molecular weight is 274 g/mol. The highest BCUT2D eigenvalue weighted by molar-refractivity contribution is 5.54. The Morgan fingerprint density at radius 2 is 1.71 bits per heavy atom. The van der Waals surface area contributed by atoms with Gasteiger partial charge in [-0.05, 0) is 35.7 Å². The van der Waals surface area contributed by atoms with Gasteiger partial charge in [0.2, 0.25) is 0 Å². The van der Waals surface area contributed by atoms with Gasteiger partial charge in [0.15, 0.2) is 0 Å². The zero-order valence-electron chi connectivity index (χ0n) is 11.9. The molecule has 0 aliphatic carbocycles. The number of aromatic nitrogens is 1. The van der Waals surface area contributed by atoms with Crippen molar-refractivity contribution in [1.29, 1.82) is 0 Å². The number of para-hydroxylation sites is 1. The summed E-state index contributed by atoms with van der Waals surface area (Å²) in [5.74, 6) is 0. The van der Waals surface area contributed by atoms with Crippen molar-refractivity contribution in [3.8, 4) is 0 Å². The van der Waals surface area contributed by atoms with E-state index < -0.39 is 0 Å². The molecule has 0 spiro atoms. The van der Waals surface area contributed by atoms with Crippen LogP contribution in [0, 0.1) is 0 Å². The fourth-order valence-corrected chi connectivity index (χ4v) is 3.14. The number of nitrogens with one attached hydrogen (secondary N) is 1. The molecular weight excluding hydrogens is 256 g/mol. The van der Waals surface area contributed by atoms with Crippen LogP contribution < -0.4 is 5.32 Å². The Labute approximate surface area is 125 Å². The van der Waals surface area contributed by atoms with Crippen LogP contribution in [0.25, 0.3) is 0 Å². The van der Waals surface area contributed by atoms with Crippen molar-refractivity contribution in [2.45, 2.75) is 19.0 Å². The number of fused-ring (bicyclic) bond motifs is 2. The number of benzene rings is 2. The molecule has 0 radical (unpaired) electrons. The number of rotatable bonds is 2. The van der Waals surface area contributed by atoms with E-state index in [9.17, 15) is 0 Å². The van der Waals surface area contributed by atoms with Crippen LogP contribution in [0.15, 0.2) is 72.9 Å². The zero-order chi connectivity index (χ0) is 14.1. The summed E-state index contributed by atoms with van der Waals surface area (Å²) in [4.78, 5) is 0. The van der Waals surface area contributed by atoms with Gasteiger partial charge in [0, 0.05) is 24.1 Å². The molecule has 0 bridgehead atoms. The summed E-state index contributed by atoms with van der Waals surface area (Å²) < 4.78 is 2.35. The molecule has 1 atom stereocenters. The van der Waals surface area contributed by atoms with E-state index >= 15 is 0 Å². The molecule has 1 N–H and O–H groups in total. The van der Waals surface area contributed by atoms with Crippen molar-refractivity contribution in [3.05, 3.63) is 89.7 Å². The molecule has 0 fully saturated rings. The quantitative estimate of drug-likeness (QED) is 0.739. The standard InChI is InChI=1S/C19H18N2/c1-2-7-15(8-3-1)13-18-19-11-6-12-21(19)14-16-9-4-5-10-17(16)20-18/h1-12,18,20H,13-14H2. The van der Waals surface area contributed by atoms with Gasteiger partial charge in [0.1, 0.15) is 0 Å². The molecule has 104 valence electrons. The molecule has 1 unspecified atom stereocenters. The van der Waals surface area contributed by atoms with Crippen molar-refractivity contribution < 1.29 is 0 Å². The number of nitrogens with zero attached hydrogens (tertiary/aromatic N) is 1. The predicted molar refractivity (Wildman–Crippen MR) is 86.5 cm³/mol. The molecule has 1 aliphatic heterocycles. The van der Waals surface area contributed by atoms with Gasteiger partial charge < -0.3 is 9.88 Å². The third-order valence-electron chi connectivity index (χ3n) is 4.19. The van der Waals surface area contributed by atoms with Gasteiger partial charge in [-0.3, -0.25) is 0 Å². The lowest BCUT2D eigenvalue weighted by Crippen LogP contribution is -2.14. The van der Waals surface area contributed by atoms with Crippen LogP contribution in [0.1, 0.15) is 22.9 Å². The maximum Gasteiger partial charge on any atom is 0.0705 e. The maximum atomic E-state index is 3.73. The third-order valence-corrected chi connectivity index (χ3v) is 4.19. The molecule has 2 nitrogen and oxygen atoms in total. The van der Waals surface area contributed by atoms with Crippen LogP contribution in [0.2, 0.25) is 0 Å². The third kappa shape index (κ3) is 2.33. The minimum atomic E-state index is 0.311. The topological polar surface area (TPSA) is 17.0 Å². The van der Waals surface area contributed by atoms with E-state index in [1.807, 2.05) is 0 Å². The largest absolute Gasteiger partial charge is 0.376 e. The van der Waals surface area contributed by atoms with E-state index in [2.05, 4.69) is 82.8 Å². The van der Waals surface area contributed by atoms with E-state index in [4.69, 9.17) is 0 Å². The van der Waals surface area contributed by atoms with Crippen LogP contribution in [0.5, 0.6) is 0 Å². The zero-order valence-corrected chi connectivity index (χ0v) is 11.9. The fraction of sp³-hybridized carbons (Fsp3) is 0.158. The number of anilines is 1. The summed E-state index contributed by atoms with van der Waals surface area (Å²) in [6.45, 7) is 0.941. The summed E-state index contributed by atoms with van der Waals surface area (Å²) in [6, 6.07) is 24.0. The molecule has 0 saturated heterocycles. The monoisotopic (exact) mass is 274 g/mol. The Hall–Kier alpha value is -2.48. The highest BCUT2D eigenvalue weighted by atomic mass is 15.1. The van der Waals surface area contributed by atoms with Gasteiger partial charge in [-0.15, -0.1) is 0 Å². The van der Waals surface area contributed by atoms with Crippen LogP contribution in [-0.4, -0.2) is 4.57 Å². The Kier molecular flexibility index (Phi) is 3.00. The first-order valence-electron chi connectivity index (χ1n) is 7.43. The molecule has 0 saturated carbocycles. The summed E-state index contributed by atoms with van der Waals surface area (Å²) in [5, 5.41) is 3.73. The van der Waals surface area contributed by atoms with Crippen molar-refractivity contribution in [2.75, 3.05) is 5.32 Å².